The molecule has 0 aliphatic carbocycles. The van der Waals surface area contributed by atoms with Crippen LogP contribution in [0.2, 0.25) is 0 Å². The second kappa shape index (κ2) is 6.22. The van der Waals surface area contributed by atoms with Crippen molar-refractivity contribution in [1.29, 1.82) is 0 Å². The third-order valence-electron chi connectivity index (χ3n) is 3.16. The predicted octanol–water partition coefficient (Wildman–Crippen LogP) is -2.55. The molecule has 0 radical (unpaired) electrons. The van der Waals surface area contributed by atoms with Gasteiger partial charge in [0.2, 0.25) is 0 Å². The van der Waals surface area contributed by atoms with Crippen LogP contribution < -0.4 is 17.2 Å². The standard InChI is InChI=1S/C12H18N4O5/c13-3-1-2-6-4-16(12(20)15-10(6)14)11-9(19)8(18)7(5-17)21-11/h1,3-4,7-9,11,17-19H,2,5,13H2,(H2,14,15,20)/t7-,8-,9-,11-/m1/s1/i11D. The van der Waals surface area contributed by atoms with Gasteiger partial charge in [-0.2, -0.15) is 4.98 Å². The number of allylic oxidation sites excluding steroid dienone is 1. The van der Waals surface area contributed by atoms with E-state index >= 15 is 0 Å². The Morgan fingerprint density at radius 3 is 2.81 bits per heavy atom. The number of hydrogen-bond donors (Lipinski definition) is 5. The Morgan fingerprint density at radius 2 is 2.24 bits per heavy atom. The van der Waals surface area contributed by atoms with Crippen LogP contribution in [0.5, 0.6) is 0 Å². The molecule has 7 N–H and O–H groups in total. The molecule has 116 valence electrons. The average Bonchev–Trinajstić information content (AvgIpc) is 2.71. The number of rotatable bonds is 4. The van der Waals surface area contributed by atoms with E-state index in [9.17, 15) is 15.0 Å². The van der Waals surface area contributed by atoms with E-state index in [-0.39, 0.29) is 12.2 Å². The largest absolute Gasteiger partial charge is 0.405 e. The Bertz CT molecular complexity index is 636. The predicted molar refractivity (Wildman–Crippen MR) is 73.0 cm³/mol. The summed E-state index contributed by atoms with van der Waals surface area (Å²) in [5.74, 6) is -0.0327. The minimum Gasteiger partial charge on any atom is -0.405 e. The first-order valence-corrected chi connectivity index (χ1v) is 6.25. The number of nitrogens with two attached hydrogens (primary N) is 2. The van der Waals surface area contributed by atoms with Crippen LogP contribution in [0.3, 0.4) is 0 Å². The highest BCUT2D eigenvalue weighted by atomic mass is 16.6. The van der Waals surface area contributed by atoms with Crippen LogP contribution in [0, 0.1) is 0 Å². The number of aliphatic hydroxyl groups is 3. The molecule has 0 unspecified atom stereocenters. The van der Waals surface area contributed by atoms with Crippen LogP contribution >= 0.6 is 0 Å². The molecular weight excluding hydrogens is 280 g/mol. The number of nitrogen functional groups attached to an aromatic ring is 1. The molecule has 1 aliphatic heterocycles. The fourth-order valence-electron chi connectivity index (χ4n) is 2.00. The summed E-state index contributed by atoms with van der Waals surface area (Å²) in [5, 5.41) is 28.9. The fourth-order valence-corrected chi connectivity index (χ4v) is 2.00. The second-order valence-electron chi connectivity index (χ2n) is 4.55. The van der Waals surface area contributed by atoms with E-state index in [1.807, 2.05) is 0 Å². The molecule has 1 saturated heterocycles. The van der Waals surface area contributed by atoms with Gasteiger partial charge in [-0.05, 0) is 12.6 Å². The summed E-state index contributed by atoms with van der Waals surface area (Å²) >= 11 is 0. The average molecular weight is 299 g/mol. The molecule has 9 nitrogen and oxygen atoms in total. The lowest BCUT2D eigenvalue weighted by atomic mass is 10.1. The zero-order chi connectivity index (χ0) is 16.5. The first kappa shape index (κ1) is 14.0. The maximum Gasteiger partial charge on any atom is 0.351 e. The van der Waals surface area contributed by atoms with Crippen molar-refractivity contribution in [3.63, 3.8) is 0 Å². The van der Waals surface area contributed by atoms with Crippen LogP contribution in [-0.2, 0) is 11.2 Å². The van der Waals surface area contributed by atoms with Gasteiger partial charge in [-0.3, -0.25) is 4.57 Å². The lowest BCUT2D eigenvalue weighted by Crippen LogP contribution is -2.36. The number of anilines is 1. The van der Waals surface area contributed by atoms with E-state index in [0.29, 0.717) is 5.56 Å². The van der Waals surface area contributed by atoms with Crippen molar-refractivity contribution in [2.75, 3.05) is 12.3 Å². The quantitative estimate of drug-likeness (QED) is 0.406. The van der Waals surface area contributed by atoms with Crippen molar-refractivity contribution in [2.45, 2.75) is 30.9 Å². The Hall–Kier alpha value is -1.94. The molecule has 1 fully saturated rings. The number of nitrogens with zero attached hydrogens (tertiary/aromatic N) is 2. The first-order chi connectivity index (χ1) is 10.3. The molecule has 0 spiro atoms. The van der Waals surface area contributed by atoms with Gasteiger partial charge >= 0.3 is 5.69 Å². The van der Waals surface area contributed by atoms with E-state index in [0.717, 1.165) is 4.57 Å². The van der Waals surface area contributed by atoms with Gasteiger partial charge in [-0.15, -0.1) is 0 Å². The minimum atomic E-state index is -2.31. The zero-order valence-corrected chi connectivity index (χ0v) is 11.1. The van der Waals surface area contributed by atoms with Gasteiger partial charge in [-0.1, -0.05) is 6.08 Å². The number of aliphatic hydroxyl groups excluding tert-OH is 3. The Kier molecular flexibility index (Phi) is 4.15. The van der Waals surface area contributed by atoms with Crippen molar-refractivity contribution < 1.29 is 21.4 Å². The van der Waals surface area contributed by atoms with Crippen molar-refractivity contribution in [3.8, 4) is 0 Å². The molecule has 9 heteroatoms. The van der Waals surface area contributed by atoms with E-state index in [1.54, 1.807) is 6.08 Å². The smallest absolute Gasteiger partial charge is 0.351 e. The summed E-state index contributed by atoms with van der Waals surface area (Å²) in [6, 6.07) is 0. The number of ether oxygens (including phenoxy) is 1. The SMILES string of the molecule is [2H][C@@]1(n2cc(CC=CN)c(N)nc2=O)O[C@H](CO)[C@@H](O)[C@H]1O. The molecule has 1 aromatic heterocycles. The van der Waals surface area contributed by atoms with E-state index < -0.39 is 36.8 Å². The lowest BCUT2D eigenvalue weighted by molar-refractivity contribution is -0.0550. The topological polar surface area (TPSA) is 157 Å². The summed E-state index contributed by atoms with van der Waals surface area (Å²) in [6.45, 7) is -0.612. The van der Waals surface area contributed by atoms with Gasteiger partial charge < -0.3 is 31.5 Å². The van der Waals surface area contributed by atoms with Gasteiger partial charge in [0.05, 0.1) is 7.98 Å². The van der Waals surface area contributed by atoms with Gasteiger partial charge in [0, 0.05) is 11.8 Å². The van der Waals surface area contributed by atoms with Crippen molar-refractivity contribution >= 4 is 5.82 Å². The normalized spacial score (nSPS) is 33.5. The molecule has 1 aromatic rings. The van der Waals surface area contributed by atoms with Gasteiger partial charge in [0.15, 0.2) is 6.20 Å². The third-order valence-corrected chi connectivity index (χ3v) is 3.16. The van der Waals surface area contributed by atoms with E-state index in [4.69, 9.17) is 22.7 Å². The van der Waals surface area contributed by atoms with Gasteiger partial charge in [-0.25, -0.2) is 4.79 Å². The summed E-state index contributed by atoms with van der Waals surface area (Å²) in [7, 11) is 0. The summed E-state index contributed by atoms with van der Waals surface area (Å²) < 4.78 is 14.0. The molecular formula is C12H18N4O5. The third kappa shape index (κ3) is 2.90. The van der Waals surface area contributed by atoms with Crippen molar-refractivity contribution in [1.82, 2.24) is 9.55 Å². The van der Waals surface area contributed by atoms with Crippen LogP contribution in [-0.4, -0.2) is 49.8 Å². The molecule has 4 atom stereocenters. The molecule has 2 rings (SSSR count). The minimum absolute atomic E-state index is 0.0327. The lowest BCUT2D eigenvalue weighted by Gasteiger charge is -2.18. The van der Waals surface area contributed by atoms with Crippen LogP contribution in [0.4, 0.5) is 5.82 Å². The number of aromatic nitrogens is 2. The molecule has 0 saturated carbocycles. The maximum atomic E-state index is 12.0. The summed E-state index contributed by atoms with van der Waals surface area (Å²) in [5.41, 5.74) is 10.4. The van der Waals surface area contributed by atoms with Gasteiger partial charge in [0.25, 0.3) is 0 Å². The highest BCUT2D eigenvalue weighted by molar-refractivity contribution is 5.38. The summed E-state index contributed by atoms with van der Waals surface area (Å²) in [6.07, 6.45) is -2.43. The Balaban J connectivity index is 2.49. The molecule has 0 aromatic carbocycles. The van der Waals surface area contributed by atoms with Gasteiger partial charge in [0.1, 0.15) is 24.1 Å². The fraction of sp³-hybridized carbons (Fsp3) is 0.500. The molecule has 21 heavy (non-hydrogen) atoms. The highest BCUT2D eigenvalue weighted by Gasteiger charge is 2.43. The van der Waals surface area contributed by atoms with Crippen molar-refractivity contribution in [2.24, 2.45) is 5.73 Å². The Labute approximate surface area is 121 Å². The summed E-state index contributed by atoms with van der Waals surface area (Å²) in [4.78, 5) is 15.6. The zero-order valence-electron chi connectivity index (χ0n) is 12.1. The highest BCUT2D eigenvalue weighted by Crippen LogP contribution is 2.28. The Morgan fingerprint density at radius 1 is 1.52 bits per heavy atom. The van der Waals surface area contributed by atoms with Crippen LogP contribution in [0.25, 0.3) is 0 Å². The van der Waals surface area contributed by atoms with Crippen molar-refractivity contribution in [3.05, 3.63) is 34.5 Å². The number of hydrogen-bond acceptors (Lipinski definition) is 8. The molecule has 0 amide bonds. The van der Waals surface area contributed by atoms with E-state index in [2.05, 4.69) is 4.98 Å². The first-order valence-electron chi connectivity index (χ1n) is 6.75. The van der Waals surface area contributed by atoms with E-state index in [1.165, 1.54) is 12.4 Å². The second-order valence-corrected chi connectivity index (χ2v) is 4.55. The molecule has 2 heterocycles. The molecule has 0 bridgehead atoms. The molecule has 1 aliphatic rings. The van der Waals surface area contributed by atoms with Crippen LogP contribution in [0.15, 0.2) is 23.3 Å². The van der Waals surface area contributed by atoms with Crippen LogP contribution in [0.1, 0.15) is 13.1 Å². The monoisotopic (exact) mass is 299 g/mol. The maximum absolute atomic E-state index is 12.0.